The van der Waals surface area contributed by atoms with Gasteiger partial charge in [-0.3, -0.25) is 9.48 Å². The first-order valence-corrected chi connectivity index (χ1v) is 8.19. The second-order valence-corrected chi connectivity index (χ2v) is 6.66. The molecule has 2 fully saturated rings. The highest BCUT2D eigenvalue weighted by atomic mass is 35.5. The lowest BCUT2D eigenvalue weighted by Crippen LogP contribution is -2.39. The predicted octanol–water partition coefficient (Wildman–Crippen LogP) is 1.81. The first-order valence-electron chi connectivity index (χ1n) is 8.19. The summed E-state index contributed by atoms with van der Waals surface area (Å²) >= 11 is 0. The van der Waals surface area contributed by atoms with Crippen LogP contribution >= 0.6 is 12.4 Å². The molecule has 2 bridgehead atoms. The van der Waals surface area contributed by atoms with E-state index in [9.17, 15) is 4.79 Å². The molecule has 2 aliphatic heterocycles. The van der Waals surface area contributed by atoms with E-state index in [-0.39, 0.29) is 18.3 Å². The molecule has 3 rings (SSSR count). The third-order valence-corrected chi connectivity index (χ3v) is 4.77. The minimum Gasteiger partial charge on any atom is -0.356 e. The van der Waals surface area contributed by atoms with Crippen LogP contribution in [0.4, 0.5) is 0 Å². The maximum atomic E-state index is 12.0. The van der Waals surface area contributed by atoms with E-state index >= 15 is 0 Å². The van der Waals surface area contributed by atoms with Gasteiger partial charge in [0.1, 0.15) is 0 Å². The minimum absolute atomic E-state index is 0. The van der Waals surface area contributed by atoms with Crippen LogP contribution in [0.25, 0.3) is 0 Å². The van der Waals surface area contributed by atoms with Crippen molar-refractivity contribution in [3.05, 3.63) is 18.0 Å². The van der Waals surface area contributed by atoms with Crippen molar-refractivity contribution < 1.29 is 4.79 Å². The molecular formula is C16H27ClN4O. The number of rotatable bonds is 6. The van der Waals surface area contributed by atoms with E-state index in [0.717, 1.165) is 19.4 Å². The van der Waals surface area contributed by atoms with Gasteiger partial charge >= 0.3 is 0 Å². The van der Waals surface area contributed by atoms with Crippen molar-refractivity contribution in [2.45, 2.75) is 57.0 Å². The number of aromatic nitrogens is 2. The summed E-state index contributed by atoms with van der Waals surface area (Å²) in [5.74, 6) is 0.814. The van der Waals surface area contributed by atoms with Crippen LogP contribution in [0.3, 0.4) is 0 Å². The Labute approximate surface area is 138 Å². The first-order chi connectivity index (χ1) is 10.2. The Balaban J connectivity index is 0.00000176. The topological polar surface area (TPSA) is 59.0 Å². The van der Waals surface area contributed by atoms with Crippen molar-refractivity contribution in [2.75, 3.05) is 6.54 Å². The van der Waals surface area contributed by atoms with Gasteiger partial charge in [-0.25, -0.2) is 0 Å². The molecule has 124 valence electrons. The lowest BCUT2D eigenvalue weighted by atomic mass is 9.89. The molecule has 5 nitrogen and oxygen atoms in total. The van der Waals surface area contributed by atoms with E-state index in [1.165, 1.54) is 31.2 Å². The normalized spacial score (nSPS) is 26.5. The highest BCUT2D eigenvalue weighted by Crippen LogP contribution is 2.32. The van der Waals surface area contributed by atoms with Gasteiger partial charge in [0.15, 0.2) is 0 Å². The van der Waals surface area contributed by atoms with Gasteiger partial charge in [0.05, 0.1) is 6.20 Å². The predicted molar refractivity (Wildman–Crippen MR) is 89.1 cm³/mol. The quantitative estimate of drug-likeness (QED) is 0.784. The van der Waals surface area contributed by atoms with Gasteiger partial charge in [-0.15, -0.1) is 12.4 Å². The third kappa shape index (κ3) is 4.71. The molecule has 1 amide bonds. The molecule has 0 radical (unpaired) electrons. The smallest absolute Gasteiger partial charge is 0.220 e. The maximum absolute atomic E-state index is 12.0. The summed E-state index contributed by atoms with van der Waals surface area (Å²) in [5.41, 5.74) is 1.24. The summed E-state index contributed by atoms with van der Waals surface area (Å²) < 4.78 is 1.82. The summed E-state index contributed by atoms with van der Waals surface area (Å²) in [5, 5.41) is 10.8. The molecule has 3 heterocycles. The molecule has 2 saturated heterocycles. The molecule has 1 aromatic heterocycles. The maximum Gasteiger partial charge on any atom is 0.220 e. The number of halogens is 1. The molecular weight excluding hydrogens is 300 g/mol. The van der Waals surface area contributed by atoms with E-state index < -0.39 is 0 Å². The third-order valence-electron chi connectivity index (χ3n) is 4.77. The lowest BCUT2D eigenvalue weighted by molar-refractivity contribution is -0.122. The molecule has 0 saturated carbocycles. The SMILES string of the molecule is Cl.Cn1cc(CCCNC(=O)CC2CC3CCC(C2)N3)cn1. The van der Waals surface area contributed by atoms with Gasteiger partial charge in [0, 0.05) is 38.3 Å². The van der Waals surface area contributed by atoms with Crippen LogP contribution in [-0.2, 0) is 18.3 Å². The monoisotopic (exact) mass is 326 g/mol. The lowest BCUT2D eigenvalue weighted by Gasteiger charge is -2.28. The van der Waals surface area contributed by atoms with E-state index in [1.807, 2.05) is 24.1 Å². The van der Waals surface area contributed by atoms with Gasteiger partial charge in [-0.1, -0.05) is 0 Å². The second kappa shape index (κ2) is 7.97. The fraction of sp³-hybridized carbons (Fsp3) is 0.750. The van der Waals surface area contributed by atoms with Crippen LogP contribution in [0.2, 0.25) is 0 Å². The molecule has 0 spiro atoms. The molecule has 2 atom stereocenters. The zero-order valence-corrected chi connectivity index (χ0v) is 14.1. The number of hydrogen-bond donors (Lipinski definition) is 2. The standard InChI is InChI=1S/C16H26N4O.ClH/c1-20-11-12(10-18-20)3-2-6-17-16(21)9-13-7-14-4-5-15(8-13)19-14;/h10-11,13-15,19H,2-9H2,1H3,(H,17,21);1H. The Hall–Kier alpha value is -1.07. The number of amides is 1. The Kier molecular flexibility index (Phi) is 6.26. The summed E-state index contributed by atoms with van der Waals surface area (Å²) in [6, 6.07) is 1.35. The minimum atomic E-state index is 0. The van der Waals surface area contributed by atoms with Crippen molar-refractivity contribution in [3.8, 4) is 0 Å². The van der Waals surface area contributed by atoms with Gasteiger partial charge in [0.25, 0.3) is 0 Å². The van der Waals surface area contributed by atoms with Crippen LogP contribution in [-0.4, -0.2) is 34.3 Å². The second-order valence-electron chi connectivity index (χ2n) is 6.66. The van der Waals surface area contributed by atoms with Crippen LogP contribution < -0.4 is 10.6 Å². The summed E-state index contributed by atoms with van der Waals surface area (Å²) in [6.07, 6.45) is 11.6. The number of hydrogen-bond acceptors (Lipinski definition) is 3. The van der Waals surface area contributed by atoms with Gasteiger partial charge in [-0.05, 0) is 50.0 Å². The molecule has 22 heavy (non-hydrogen) atoms. The Bertz CT molecular complexity index is 478. The number of nitrogens with zero attached hydrogens (tertiary/aromatic N) is 2. The molecule has 2 unspecified atom stereocenters. The number of piperidine rings is 1. The zero-order valence-electron chi connectivity index (χ0n) is 13.3. The molecule has 6 heteroatoms. The fourth-order valence-corrected chi connectivity index (χ4v) is 3.80. The van der Waals surface area contributed by atoms with Gasteiger partial charge in [-0.2, -0.15) is 5.10 Å². The molecule has 2 N–H and O–H groups in total. The first kappa shape index (κ1) is 17.3. The number of aryl methyl sites for hydroxylation is 2. The van der Waals surface area contributed by atoms with E-state index in [0.29, 0.717) is 24.4 Å². The molecule has 2 aliphatic rings. The number of nitrogens with one attached hydrogen (secondary N) is 2. The van der Waals surface area contributed by atoms with Crippen molar-refractivity contribution in [1.29, 1.82) is 0 Å². The fourth-order valence-electron chi connectivity index (χ4n) is 3.80. The van der Waals surface area contributed by atoms with Crippen LogP contribution in [0.5, 0.6) is 0 Å². The number of fused-ring (bicyclic) bond motifs is 2. The average Bonchev–Trinajstić information content (AvgIpc) is 3.01. The largest absolute Gasteiger partial charge is 0.356 e. The number of carbonyl (C=O) groups is 1. The van der Waals surface area contributed by atoms with Crippen molar-refractivity contribution in [1.82, 2.24) is 20.4 Å². The molecule has 0 aromatic carbocycles. The van der Waals surface area contributed by atoms with Crippen LogP contribution in [0.1, 0.15) is 44.1 Å². The van der Waals surface area contributed by atoms with Crippen molar-refractivity contribution >= 4 is 18.3 Å². The highest BCUT2D eigenvalue weighted by molar-refractivity contribution is 5.85. The van der Waals surface area contributed by atoms with Gasteiger partial charge in [0.2, 0.25) is 5.91 Å². The molecule has 1 aromatic rings. The van der Waals surface area contributed by atoms with E-state index in [4.69, 9.17) is 0 Å². The van der Waals surface area contributed by atoms with E-state index in [1.54, 1.807) is 0 Å². The van der Waals surface area contributed by atoms with Crippen LogP contribution in [0.15, 0.2) is 12.4 Å². The average molecular weight is 327 g/mol. The Morgan fingerprint density at radius 1 is 1.41 bits per heavy atom. The van der Waals surface area contributed by atoms with Crippen LogP contribution in [0, 0.1) is 5.92 Å². The number of carbonyl (C=O) groups excluding carboxylic acids is 1. The molecule has 0 aliphatic carbocycles. The zero-order chi connectivity index (χ0) is 14.7. The Morgan fingerprint density at radius 2 is 2.14 bits per heavy atom. The summed E-state index contributed by atoms with van der Waals surface area (Å²) in [4.78, 5) is 12.0. The highest BCUT2D eigenvalue weighted by Gasteiger charge is 2.33. The van der Waals surface area contributed by atoms with Crippen molar-refractivity contribution in [3.63, 3.8) is 0 Å². The van der Waals surface area contributed by atoms with E-state index in [2.05, 4.69) is 15.7 Å². The summed E-state index contributed by atoms with van der Waals surface area (Å²) in [7, 11) is 1.93. The van der Waals surface area contributed by atoms with Crippen molar-refractivity contribution in [2.24, 2.45) is 13.0 Å². The Morgan fingerprint density at radius 3 is 2.77 bits per heavy atom. The summed E-state index contributed by atoms with van der Waals surface area (Å²) in [6.45, 7) is 0.769. The van der Waals surface area contributed by atoms with Gasteiger partial charge < -0.3 is 10.6 Å².